The molecule has 4 N–H and O–H groups in total. The number of thiocarbonyl (C=S) groups is 1. The molecule has 0 aromatic rings. The van der Waals surface area contributed by atoms with E-state index >= 15 is 0 Å². The zero-order valence-corrected chi connectivity index (χ0v) is 7.29. The number of rotatable bonds is 3. The summed E-state index contributed by atoms with van der Waals surface area (Å²) < 4.78 is 0. The monoisotopic (exact) mass is 161 g/mol. The van der Waals surface area contributed by atoms with Crippen molar-refractivity contribution >= 4 is 17.3 Å². The van der Waals surface area contributed by atoms with Gasteiger partial charge < -0.3 is 10.7 Å². The van der Waals surface area contributed by atoms with E-state index in [0.717, 1.165) is 13.0 Å². The highest BCUT2D eigenvalue weighted by Gasteiger charge is 1.97. The summed E-state index contributed by atoms with van der Waals surface area (Å²) in [5.74, 6) is 5.69. The average molecular weight is 161 g/mol. The van der Waals surface area contributed by atoms with Gasteiger partial charge in [-0.05, 0) is 18.1 Å². The minimum atomic E-state index is 0.514. The van der Waals surface area contributed by atoms with E-state index in [1.807, 2.05) is 0 Å². The van der Waals surface area contributed by atoms with E-state index in [4.69, 9.17) is 18.1 Å². The first-order valence-corrected chi connectivity index (χ1v) is 3.86. The second-order valence-corrected chi connectivity index (χ2v) is 2.78. The molecule has 0 bridgehead atoms. The molecule has 0 spiro atoms. The lowest BCUT2D eigenvalue weighted by atomic mass is 10.1. The largest absolute Gasteiger partial charge is 0.361 e. The SMILES string of the molecule is CCC(C)CNC(=S)NN. The predicted octanol–water partition coefficient (Wildman–Crippen LogP) is 0.370. The van der Waals surface area contributed by atoms with Gasteiger partial charge in [-0.15, -0.1) is 0 Å². The Morgan fingerprint density at radius 2 is 2.30 bits per heavy atom. The molecule has 0 saturated carbocycles. The van der Waals surface area contributed by atoms with Crippen LogP contribution in [0.15, 0.2) is 0 Å². The molecular formula is C6H15N3S. The molecule has 60 valence electrons. The van der Waals surface area contributed by atoms with Crippen LogP contribution in [-0.4, -0.2) is 11.7 Å². The Labute approximate surface area is 67.3 Å². The lowest BCUT2D eigenvalue weighted by Crippen LogP contribution is -2.41. The average Bonchev–Trinajstić information content (AvgIpc) is 1.99. The third-order valence-electron chi connectivity index (χ3n) is 1.44. The van der Waals surface area contributed by atoms with Crippen molar-refractivity contribution in [2.75, 3.05) is 6.54 Å². The molecule has 0 aliphatic rings. The zero-order chi connectivity index (χ0) is 7.98. The van der Waals surface area contributed by atoms with Crippen molar-refractivity contribution in [3.8, 4) is 0 Å². The molecule has 0 aromatic carbocycles. The summed E-state index contributed by atoms with van der Waals surface area (Å²) in [5.41, 5.74) is 2.36. The van der Waals surface area contributed by atoms with E-state index in [9.17, 15) is 0 Å². The molecule has 0 aromatic heterocycles. The van der Waals surface area contributed by atoms with E-state index in [0.29, 0.717) is 11.0 Å². The highest BCUT2D eigenvalue weighted by Crippen LogP contribution is 1.96. The number of hydrogen-bond acceptors (Lipinski definition) is 2. The summed E-state index contributed by atoms with van der Waals surface area (Å²) in [6.45, 7) is 5.19. The number of nitrogens with two attached hydrogens (primary N) is 1. The van der Waals surface area contributed by atoms with Crippen LogP contribution >= 0.6 is 12.2 Å². The minimum absolute atomic E-state index is 0.514. The first kappa shape index (κ1) is 9.65. The quantitative estimate of drug-likeness (QED) is 0.318. The van der Waals surface area contributed by atoms with Crippen LogP contribution in [0.5, 0.6) is 0 Å². The Kier molecular flexibility index (Phi) is 5.25. The smallest absolute Gasteiger partial charge is 0.180 e. The Morgan fingerprint density at radius 1 is 1.70 bits per heavy atom. The van der Waals surface area contributed by atoms with Crippen molar-refractivity contribution in [2.24, 2.45) is 11.8 Å². The summed E-state index contributed by atoms with van der Waals surface area (Å²) in [5, 5.41) is 3.49. The van der Waals surface area contributed by atoms with E-state index in [1.165, 1.54) is 0 Å². The van der Waals surface area contributed by atoms with Crippen molar-refractivity contribution in [3.63, 3.8) is 0 Å². The fourth-order valence-electron chi connectivity index (χ4n) is 0.462. The fourth-order valence-corrected chi connectivity index (χ4v) is 0.546. The van der Waals surface area contributed by atoms with Crippen LogP contribution in [0.25, 0.3) is 0 Å². The maximum Gasteiger partial charge on any atom is 0.180 e. The van der Waals surface area contributed by atoms with Crippen molar-refractivity contribution in [2.45, 2.75) is 20.3 Å². The van der Waals surface area contributed by atoms with Gasteiger partial charge in [0, 0.05) is 6.54 Å². The Balaban J connectivity index is 3.26. The molecule has 0 saturated heterocycles. The highest BCUT2D eigenvalue weighted by molar-refractivity contribution is 7.80. The van der Waals surface area contributed by atoms with Crippen molar-refractivity contribution < 1.29 is 0 Å². The Hall–Kier alpha value is -0.350. The summed E-state index contributed by atoms with van der Waals surface area (Å²) in [6.07, 6.45) is 1.15. The van der Waals surface area contributed by atoms with Gasteiger partial charge in [0.1, 0.15) is 0 Å². The minimum Gasteiger partial charge on any atom is -0.361 e. The normalized spacial score (nSPS) is 12.3. The third kappa shape index (κ3) is 4.52. The standard InChI is InChI=1S/C6H15N3S/c1-3-5(2)4-8-6(10)9-7/h5H,3-4,7H2,1-2H3,(H2,8,9,10). The molecule has 0 amide bonds. The van der Waals surface area contributed by atoms with Crippen LogP contribution in [0.2, 0.25) is 0 Å². The maximum absolute atomic E-state index is 5.05. The molecule has 4 heteroatoms. The summed E-state index contributed by atoms with van der Waals surface area (Å²) in [4.78, 5) is 0. The van der Waals surface area contributed by atoms with Gasteiger partial charge in [0.25, 0.3) is 0 Å². The van der Waals surface area contributed by atoms with Gasteiger partial charge in [-0.25, -0.2) is 5.84 Å². The van der Waals surface area contributed by atoms with Crippen molar-refractivity contribution in [1.82, 2.24) is 10.7 Å². The molecular weight excluding hydrogens is 146 g/mol. The predicted molar refractivity (Wildman–Crippen MR) is 47.4 cm³/mol. The highest BCUT2D eigenvalue weighted by atomic mass is 32.1. The van der Waals surface area contributed by atoms with Gasteiger partial charge in [0.15, 0.2) is 5.11 Å². The van der Waals surface area contributed by atoms with Crippen molar-refractivity contribution in [3.05, 3.63) is 0 Å². The van der Waals surface area contributed by atoms with Crippen molar-refractivity contribution in [1.29, 1.82) is 0 Å². The van der Waals surface area contributed by atoms with Gasteiger partial charge in [0.05, 0.1) is 0 Å². The van der Waals surface area contributed by atoms with Crippen LogP contribution in [0.4, 0.5) is 0 Å². The summed E-state index contributed by atoms with van der Waals surface area (Å²) in [7, 11) is 0. The molecule has 0 aliphatic heterocycles. The van der Waals surface area contributed by atoms with E-state index in [1.54, 1.807) is 0 Å². The third-order valence-corrected chi connectivity index (χ3v) is 1.70. The molecule has 0 radical (unpaired) electrons. The fraction of sp³-hybridized carbons (Fsp3) is 0.833. The number of nitrogens with one attached hydrogen (secondary N) is 2. The van der Waals surface area contributed by atoms with Crippen LogP contribution < -0.4 is 16.6 Å². The van der Waals surface area contributed by atoms with Crippen LogP contribution in [0, 0.1) is 5.92 Å². The first-order chi connectivity index (χ1) is 4.70. The lowest BCUT2D eigenvalue weighted by Gasteiger charge is -2.10. The van der Waals surface area contributed by atoms with Gasteiger partial charge in [-0.1, -0.05) is 20.3 Å². The second kappa shape index (κ2) is 5.44. The van der Waals surface area contributed by atoms with E-state index in [2.05, 4.69) is 24.6 Å². The van der Waals surface area contributed by atoms with Gasteiger partial charge in [-0.2, -0.15) is 0 Å². The van der Waals surface area contributed by atoms with E-state index < -0.39 is 0 Å². The summed E-state index contributed by atoms with van der Waals surface area (Å²) in [6, 6.07) is 0. The van der Waals surface area contributed by atoms with Gasteiger partial charge in [-0.3, -0.25) is 0 Å². The Morgan fingerprint density at radius 3 is 2.70 bits per heavy atom. The molecule has 0 aliphatic carbocycles. The molecule has 10 heavy (non-hydrogen) atoms. The maximum atomic E-state index is 5.05. The van der Waals surface area contributed by atoms with E-state index in [-0.39, 0.29) is 0 Å². The topological polar surface area (TPSA) is 50.1 Å². The number of hydrogen-bond donors (Lipinski definition) is 3. The lowest BCUT2D eigenvalue weighted by molar-refractivity contribution is 0.546. The molecule has 0 heterocycles. The molecule has 3 nitrogen and oxygen atoms in total. The van der Waals surface area contributed by atoms with Crippen LogP contribution in [-0.2, 0) is 0 Å². The van der Waals surface area contributed by atoms with Gasteiger partial charge >= 0.3 is 0 Å². The Bertz CT molecular complexity index is 105. The molecule has 1 unspecified atom stereocenters. The van der Waals surface area contributed by atoms with Crippen LogP contribution in [0.1, 0.15) is 20.3 Å². The summed E-state index contributed by atoms with van der Waals surface area (Å²) >= 11 is 4.77. The first-order valence-electron chi connectivity index (χ1n) is 3.45. The van der Waals surface area contributed by atoms with Crippen LogP contribution in [0.3, 0.4) is 0 Å². The molecule has 0 rings (SSSR count). The van der Waals surface area contributed by atoms with Gasteiger partial charge in [0.2, 0.25) is 0 Å². The molecule has 1 atom stereocenters. The number of hydrazine groups is 1. The zero-order valence-electron chi connectivity index (χ0n) is 6.48. The second-order valence-electron chi connectivity index (χ2n) is 2.37. The molecule has 0 fully saturated rings.